The molecular weight excluding hydrogens is 276 g/mol. The standard InChI is InChI=1S/C14H20N2O3S/c17-14(5-12-9-20-10-15-12)16-3-4-19-13(6-16)8-18-7-11-1-2-11/h9-11,13H,1-8H2. The van der Waals surface area contributed by atoms with Crippen LogP contribution in [0.2, 0.25) is 0 Å². The summed E-state index contributed by atoms with van der Waals surface area (Å²) in [5.41, 5.74) is 2.62. The van der Waals surface area contributed by atoms with E-state index < -0.39 is 0 Å². The normalized spacial score (nSPS) is 23.0. The predicted molar refractivity (Wildman–Crippen MR) is 75.7 cm³/mol. The Balaban J connectivity index is 1.42. The molecular formula is C14H20N2O3S. The van der Waals surface area contributed by atoms with Crippen LogP contribution in [-0.4, -0.2) is 54.8 Å². The third kappa shape index (κ3) is 4.01. The maximum atomic E-state index is 12.2. The first-order valence-electron chi connectivity index (χ1n) is 7.15. The van der Waals surface area contributed by atoms with Crippen LogP contribution in [-0.2, 0) is 20.7 Å². The van der Waals surface area contributed by atoms with Crippen LogP contribution in [0.1, 0.15) is 18.5 Å². The van der Waals surface area contributed by atoms with Gasteiger partial charge in [-0.15, -0.1) is 11.3 Å². The van der Waals surface area contributed by atoms with Crippen LogP contribution in [0.25, 0.3) is 0 Å². The van der Waals surface area contributed by atoms with Gasteiger partial charge in [0.05, 0.1) is 36.9 Å². The van der Waals surface area contributed by atoms with Crippen molar-refractivity contribution in [1.29, 1.82) is 0 Å². The highest BCUT2D eigenvalue weighted by Gasteiger charge is 2.26. The lowest BCUT2D eigenvalue weighted by molar-refractivity contribution is -0.140. The van der Waals surface area contributed by atoms with Crippen molar-refractivity contribution in [3.05, 3.63) is 16.6 Å². The summed E-state index contributed by atoms with van der Waals surface area (Å²) >= 11 is 1.52. The highest BCUT2D eigenvalue weighted by Crippen LogP contribution is 2.28. The van der Waals surface area contributed by atoms with Crippen LogP contribution in [0.5, 0.6) is 0 Å². The molecule has 6 heteroatoms. The van der Waals surface area contributed by atoms with Crippen molar-refractivity contribution in [3.8, 4) is 0 Å². The third-order valence-corrected chi connectivity index (χ3v) is 4.30. The minimum Gasteiger partial charge on any atom is -0.378 e. The Morgan fingerprint density at radius 1 is 1.50 bits per heavy atom. The molecule has 0 aromatic carbocycles. The number of hydrogen-bond donors (Lipinski definition) is 0. The second-order valence-electron chi connectivity index (χ2n) is 5.47. The van der Waals surface area contributed by atoms with E-state index in [0.717, 1.165) is 18.2 Å². The van der Waals surface area contributed by atoms with Crippen molar-refractivity contribution in [1.82, 2.24) is 9.88 Å². The Labute approximate surface area is 122 Å². The molecule has 1 saturated carbocycles. The SMILES string of the molecule is O=C(Cc1cscn1)N1CCOC(COCC2CC2)C1. The van der Waals surface area contributed by atoms with Crippen LogP contribution in [0.3, 0.4) is 0 Å². The Hall–Kier alpha value is -0.980. The van der Waals surface area contributed by atoms with Gasteiger partial charge in [0.25, 0.3) is 0 Å². The van der Waals surface area contributed by atoms with E-state index in [1.807, 2.05) is 10.3 Å². The van der Waals surface area contributed by atoms with Gasteiger partial charge in [0.2, 0.25) is 5.91 Å². The van der Waals surface area contributed by atoms with Crippen LogP contribution < -0.4 is 0 Å². The summed E-state index contributed by atoms with van der Waals surface area (Å²) in [4.78, 5) is 18.2. The van der Waals surface area contributed by atoms with Crippen LogP contribution >= 0.6 is 11.3 Å². The van der Waals surface area contributed by atoms with E-state index in [2.05, 4.69) is 4.98 Å². The minimum absolute atomic E-state index is 0.0156. The van der Waals surface area contributed by atoms with E-state index in [0.29, 0.717) is 32.7 Å². The van der Waals surface area contributed by atoms with Gasteiger partial charge < -0.3 is 14.4 Å². The topological polar surface area (TPSA) is 51.7 Å². The first kappa shape index (κ1) is 14.0. The Morgan fingerprint density at radius 2 is 2.40 bits per heavy atom. The first-order chi connectivity index (χ1) is 9.81. The zero-order valence-electron chi connectivity index (χ0n) is 11.5. The average Bonchev–Trinajstić information content (AvgIpc) is 3.14. The summed E-state index contributed by atoms with van der Waals surface area (Å²) in [5, 5.41) is 1.93. The number of ether oxygens (including phenoxy) is 2. The zero-order chi connectivity index (χ0) is 13.8. The van der Waals surface area contributed by atoms with Gasteiger partial charge in [-0.1, -0.05) is 0 Å². The maximum Gasteiger partial charge on any atom is 0.228 e. The van der Waals surface area contributed by atoms with Gasteiger partial charge in [0.15, 0.2) is 0 Å². The lowest BCUT2D eigenvalue weighted by Crippen LogP contribution is -2.47. The van der Waals surface area contributed by atoms with Crippen LogP contribution in [0.4, 0.5) is 0 Å². The fourth-order valence-corrected chi connectivity index (χ4v) is 2.85. The predicted octanol–water partition coefficient (Wildman–Crippen LogP) is 1.34. The van der Waals surface area contributed by atoms with Gasteiger partial charge in [0, 0.05) is 25.1 Å². The van der Waals surface area contributed by atoms with Crippen molar-refractivity contribution < 1.29 is 14.3 Å². The van der Waals surface area contributed by atoms with E-state index >= 15 is 0 Å². The Bertz CT molecular complexity index is 434. The molecule has 1 aromatic heterocycles. The van der Waals surface area contributed by atoms with E-state index in [9.17, 15) is 4.79 Å². The molecule has 5 nitrogen and oxygen atoms in total. The minimum atomic E-state index is 0.0156. The van der Waals surface area contributed by atoms with Crippen LogP contribution in [0, 0.1) is 5.92 Å². The second kappa shape index (κ2) is 6.65. The fraction of sp³-hybridized carbons (Fsp3) is 0.714. The van der Waals surface area contributed by atoms with E-state index in [1.165, 1.54) is 24.2 Å². The van der Waals surface area contributed by atoms with Gasteiger partial charge in [-0.25, -0.2) is 4.98 Å². The summed E-state index contributed by atoms with van der Waals surface area (Å²) in [6.45, 7) is 3.33. The number of aromatic nitrogens is 1. The molecule has 1 atom stereocenters. The largest absolute Gasteiger partial charge is 0.378 e. The van der Waals surface area contributed by atoms with Crippen molar-refractivity contribution in [2.24, 2.45) is 5.92 Å². The van der Waals surface area contributed by atoms with E-state index in [4.69, 9.17) is 9.47 Å². The fourth-order valence-electron chi connectivity index (χ4n) is 2.29. The molecule has 2 fully saturated rings. The van der Waals surface area contributed by atoms with Crippen LogP contribution in [0.15, 0.2) is 10.9 Å². The number of thiazole rings is 1. The molecule has 110 valence electrons. The molecule has 3 rings (SSSR count). The average molecular weight is 296 g/mol. The molecule has 0 N–H and O–H groups in total. The highest BCUT2D eigenvalue weighted by atomic mass is 32.1. The Kier molecular flexibility index (Phi) is 4.65. The van der Waals surface area contributed by atoms with E-state index in [1.54, 1.807) is 5.51 Å². The molecule has 0 radical (unpaired) electrons. The molecule has 20 heavy (non-hydrogen) atoms. The molecule has 1 unspecified atom stereocenters. The smallest absolute Gasteiger partial charge is 0.228 e. The summed E-state index contributed by atoms with van der Waals surface area (Å²) < 4.78 is 11.3. The number of carbonyl (C=O) groups excluding carboxylic acids is 1. The molecule has 2 heterocycles. The monoisotopic (exact) mass is 296 g/mol. The molecule has 0 bridgehead atoms. The van der Waals surface area contributed by atoms with Crippen molar-refractivity contribution >= 4 is 17.2 Å². The number of nitrogens with zero attached hydrogens (tertiary/aromatic N) is 2. The number of rotatable bonds is 6. The molecule has 2 aliphatic rings. The molecule has 1 aromatic rings. The summed E-state index contributed by atoms with van der Waals surface area (Å²) in [7, 11) is 0. The van der Waals surface area contributed by atoms with E-state index in [-0.39, 0.29) is 12.0 Å². The van der Waals surface area contributed by atoms with Gasteiger partial charge in [-0.2, -0.15) is 0 Å². The molecule has 1 aliphatic heterocycles. The lowest BCUT2D eigenvalue weighted by Gasteiger charge is -2.32. The first-order valence-corrected chi connectivity index (χ1v) is 8.09. The van der Waals surface area contributed by atoms with Crippen molar-refractivity contribution in [3.63, 3.8) is 0 Å². The van der Waals surface area contributed by atoms with Gasteiger partial charge in [-0.3, -0.25) is 4.79 Å². The van der Waals surface area contributed by atoms with Crippen molar-refractivity contribution in [2.45, 2.75) is 25.4 Å². The van der Waals surface area contributed by atoms with Gasteiger partial charge in [-0.05, 0) is 18.8 Å². The number of amides is 1. The quantitative estimate of drug-likeness (QED) is 0.795. The zero-order valence-corrected chi connectivity index (χ0v) is 12.3. The summed E-state index contributed by atoms with van der Waals surface area (Å²) in [6.07, 6.45) is 2.99. The highest BCUT2D eigenvalue weighted by molar-refractivity contribution is 7.07. The summed E-state index contributed by atoms with van der Waals surface area (Å²) in [5.74, 6) is 0.896. The van der Waals surface area contributed by atoms with Gasteiger partial charge >= 0.3 is 0 Å². The third-order valence-electron chi connectivity index (χ3n) is 3.66. The number of carbonyl (C=O) groups is 1. The summed E-state index contributed by atoms with van der Waals surface area (Å²) in [6, 6.07) is 0. The molecule has 1 amide bonds. The molecule has 1 aliphatic carbocycles. The van der Waals surface area contributed by atoms with Gasteiger partial charge in [0.1, 0.15) is 0 Å². The van der Waals surface area contributed by atoms with Crippen molar-refractivity contribution in [2.75, 3.05) is 32.9 Å². The Morgan fingerprint density at radius 3 is 3.15 bits per heavy atom. The lowest BCUT2D eigenvalue weighted by atomic mass is 10.2. The second-order valence-corrected chi connectivity index (χ2v) is 6.19. The molecule has 1 saturated heterocycles. The number of morpholine rings is 1. The maximum absolute atomic E-state index is 12.2. The number of hydrogen-bond acceptors (Lipinski definition) is 5. The molecule has 0 spiro atoms.